The molecule has 0 aliphatic carbocycles. The average molecular weight is 514 g/mol. The summed E-state index contributed by atoms with van der Waals surface area (Å²) in [6.07, 6.45) is 2.44. The van der Waals surface area contributed by atoms with Crippen LogP contribution in [0.1, 0.15) is 25.8 Å². The van der Waals surface area contributed by atoms with Gasteiger partial charge >= 0.3 is 0 Å². The van der Waals surface area contributed by atoms with Crippen LogP contribution >= 0.6 is 24.0 Å². The normalized spacial score (nSPS) is 22.4. The first-order valence-electron chi connectivity index (χ1n) is 11.1. The number of likely N-dealkylation sites (N-methyl/N-ethyl adjacent to an activating group) is 1. The summed E-state index contributed by atoms with van der Waals surface area (Å²) in [6, 6.07) is 10.9. The Balaban J connectivity index is 0.00000300. The van der Waals surface area contributed by atoms with Gasteiger partial charge in [0.25, 0.3) is 0 Å². The van der Waals surface area contributed by atoms with Gasteiger partial charge in [-0.3, -0.25) is 4.99 Å². The minimum absolute atomic E-state index is 0. The SMILES string of the molecule is CCNC(=NCC(C)CN1CCN(C)CC1)N1CCC(Cc2ccccc2)C1.I. The molecule has 2 aliphatic heterocycles. The van der Waals surface area contributed by atoms with Gasteiger partial charge in [0, 0.05) is 58.9 Å². The van der Waals surface area contributed by atoms with Gasteiger partial charge in [-0.25, -0.2) is 0 Å². The molecule has 1 aromatic carbocycles. The molecule has 0 spiro atoms. The maximum Gasteiger partial charge on any atom is 0.193 e. The van der Waals surface area contributed by atoms with Crippen LogP contribution < -0.4 is 5.32 Å². The summed E-state index contributed by atoms with van der Waals surface area (Å²) in [4.78, 5) is 12.5. The second-order valence-electron chi connectivity index (χ2n) is 8.69. The molecule has 0 saturated carbocycles. The Bertz CT molecular complexity index is 601. The van der Waals surface area contributed by atoms with E-state index in [2.05, 4.69) is 71.2 Å². The monoisotopic (exact) mass is 513 g/mol. The van der Waals surface area contributed by atoms with E-state index < -0.39 is 0 Å². The molecule has 6 heteroatoms. The van der Waals surface area contributed by atoms with Crippen molar-refractivity contribution in [1.29, 1.82) is 0 Å². The Morgan fingerprint density at radius 2 is 1.86 bits per heavy atom. The van der Waals surface area contributed by atoms with E-state index in [1.807, 2.05) is 0 Å². The molecule has 2 saturated heterocycles. The zero-order valence-electron chi connectivity index (χ0n) is 18.5. The lowest BCUT2D eigenvalue weighted by molar-refractivity contribution is 0.140. The van der Waals surface area contributed by atoms with E-state index in [4.69, 9.17) is 4.99 Å². The van der Waals surface area contributed by atoms with E-state index in [0.29, 0.717) is 5.92 Å². The number of guanidine groups is 1. The lowest BCUT2D eigenvalue weighted by atomic mass is 9.99. The summed E-state index contributed by atoms with van der Waals surface area (Å²) in [7, 11) is 2.22. The van der Waals surface area contributed by atoms with Crippen LogP contribution in [0, 0.1) is 11.8 Å². The standard InChI is InChI=1S/C23H39N5.HI/c1-4-24-23(25-17-20(2)18-27-14-12-26(3)13-15-27)28-11-10-22(19-28)16-21-8-6-5-7-9-21;/h5-9,20,22H,4,10-19H2,1-3H3,(H,24,25);1H. The lowest BCUT2D eigenvalue weighted by Gasteiger charge is -2.33. The van der Waals surface area contributed by atoms with Crippen LogP contribution in [0.4, 0.5) is 0 Å². The fraction of sp³-hybridized carbons (Fsp3) is 0.696. The van der Waals surface area contributed by atoms with Crippen molar-refractivity contribution in [2.45, 2.75) is 26.7 Å². The first kappa shape index (κ1) is 24.4. The number of piperazine rings is 1. The number of nitrogens with one attached hydrogen (secondary N) is 1. The van der Waals surface area contributed by atoms with Gasteiger partial charge in [-0.15, -0.1) is 24.0 Å². The Hall–Kier alpha value is -0.860. The Kier molecular flexibility index (Phi) is 10.7. The average Bonchev–Trinajstić information content (AvgIpc) is 3.16. The van der Waals surface area contributed by atoms with Crippen molar-refractivity contribution in [3.05, 3.63) is 35.9 Å². The third-order valence-electron chi connectivity index (χ3n) is 6.01. The predicted octanol–water partition coefficient (Wildman–Crippen LogP) is 3.02. The van der Waals surface area contributed by atoms with Crippen molar-refractivity contribution >= 4 is 29.9 Å². The first-order valence-corrected chi connectivity index (χ1v) is 11.1. The molecule has 0 radical (unpaired) electrons. The Morgan fingerprint density at radius 3 is 2.55 bits per heavy atom. The van der Waals surface area contributed by atoms with Gasteiger partial charge in [0.15, 0.2) is 5.96 Å². The van der Waals surface area contributed by atoms with Crippen molar-refractivity contribution in [3.8, 4) is 0 Å². The zero-order valence-corrected chi connectivity index (χ0v) is 20.8. The molecule has 1 N–H and O–H groups in total. The van der Waals surface area contributed by atoms with Gasteiger partial charge in [-0.1, -0.05) is 37.3 Å². The lowest BCUT2D eigenvalue weighted by Crippen LogP contribution is -2.46. The summed E-state index contributed by atoms with van der Waals surface area (Å²) < 4.78 is 0. The minimum atomic E-state index is 0. The van der Waals surface area contributed by atoms with Gasteiger partial charge in [0.1, 0.15) is 0 Å². The Morgan fingerprint density at radius 1 is 1.14 bits per heavy atom. The zero-order chi connectivity index (χ0) is 19.8. The molecule has 1 aromatic rings. The molecule has 164 valence electrons. The molecule has 29 heavy (non-hydrogen) atoms. The maximum absolute atomic E-state index is 5.01. The molecule has 0 amide bonds. The molecule has 0 bridgehead atoms. The summed E-state index contributed by atoms with van der Waals surface area (Å²) in [5, 5.41) is 3.53. The topological polar surface area (TPSA) is 34.1 Å². The smallest absolute Gasteiger partial charge is 0.193 e. The number of halogens is 1. The minimum Gasteiger partial charge on any atom is -0.357 e. The molecular formula is C23H40IN5. The van der Waals surface area contributed by atoms with Crippen molar-refractivity contribution < 1.29 is 0 Å². The highest BCUT2D eigenvalue weighted by Gasteiger charge is 2.25. The third-order valence-corrected chi connectivity index (χ3v) is 6.01. The number of aliphatic imine (C=N–C) groups is 1. The van der Waals surface area contributed by atoms with Crippen molar-refractivity contribution in [2.24, 2.45) is 16.8 Å². The number of hydrogen-bond acceptors (Lipinski definition) is 3. The fourth-order valence-corrected chi connectivity index (χ4v) is 4.34. The number of rotatable bonds is 7. The van der Waals surface area contributed by atoms with Crippen LogP contribution in [0.25, 0.3) is 0 Å². The van der Waals surface area contributed by atoms with Gasteiger partial charge in [0.05, 0.1) is 0 Å². The van der Waals surface area contributed by atoms with Gasteiger partial charge in [-0.2, -0.15) is 0 Å². The second-order valence-corrected chi connectivity index (χ2v) is 8.69. The second kappa shape index (κ2) is 12.7. The summed E-state index contributed by atoms with van der Waals surface area (Å²) in [5.41, 5.74) is 1.46. The molecule has 0 aromatic heterocycles. The molecule has 5 nitrogen and oxygen atoms in total. The largest absolute Gasteiger partial charge is 0.357 e. The highest BCUT2D eigenvalue weighted by molar-refractivity contribution is 14.0. The molecule has 2 aliphatic rings. The van der Waals surface area contributed by atoms with Gasteiger partial charge in [0.2, 0.25) is 0 Å². The molecule has 3 rings (SSSR count). The van der Waals surface area contributed by atoms with E-state index in [1.165, 1.54) is 44.6 Å². The summed E-state index contributed by atoms with van der Waals surface area (Å²) in [6.45, 7) is 14.5. The Labute approximate surface area is 194 Å². The van der Waals surface area contributed by atoms with E-state index >= 15 is 0 Å². The quantitative estimate of drug-likeness (QED) is 0.346. The van der Waals surface area contributed by atoms with Crippen LogP contribution in [-0.4, -0.2) is 86.6 Å². The van der Waals surface area contributed by atoms with E-state index in [9.17, 15) is 0 Å². The van der Waals surface area contributed by atoms with Crippen LogP contribution in [0.2, 0.25) is 0 Å². The van der Waals surface area contributed by atoms with Crippen LogP contribution in [-0.2, 0) is 6.42 Å². The maximum atomic E-state index is 5.01. The van der Waals surface area contributed by atoms with Crippen molar-refractivity contribution in [1.82, 2.24) is 20.0 Å². The van der Waals surface area contributed by atoms with Crippen LogP contribution in [0.5, 0.6) is 0 Å². The number of benzene rings is 1. The van der Waals surface area contributed by atoms with Crippen LogP contribution in [0.3, 0.4) is 0 Å². The van der Waals surface area contributed by atoms with Crippen molar-refractivity contribution in [3.63, 3.8) is 0 Å². The van der Waals surface area contributed by atoms with E-state index in [-0.39, 0.29) is 24.0 Å². The molecular weight excluding hydrogens is 473 g/mol. The summed E-state index contributed by atoms with van der Waals surface area (Å²) >= 11 is 0. The van der Waals surface area contributed by atoms with E-state index in [1.54, 1.807) is 0 Å². The van der Waals surface area contributed by atoms with Gasteiger partial charge in [-0.05, 0) is 44.2 Å². The van der Waals surface area contributed by atoms with Gasteiger partial charge < -0.3 is 20.0 Å². The van der Waals surface area contributed by atoms with Crippen molar-refractivity contribution in [2.75, 3.05) is 66.0 Å². The van der Waals surface area contributed by atoms with Crippen LogP contribution in [0.15, 0.2) is 35.3 Å². The van der Waals surface area contributed by atoms with E-state index in [0.717, 1.165) is 44.6 Å². The first-order chi connectivity index (χ1) is 13.6. The molecule has 2 atom stereocenters. The molecule has 2 unspecified atom stereocenters. The predicted molar refractivity (Wildman–Crippen MR) is 134 cm³/mol. The number of likely N-dealkylation sites (tertiary alicyclic amines) is 1. The molecule has 2 fully saturated rings. The number of nitrogens with zero attached hydrogens (tertiary/aromatic N) is 4. The summed E-state index contributed by atoms with van der Waals surface area (Å²) in [5.74, 6) is 2.44. The fourth-order valence-electron chi connectivity index (χ4n) is 4.34. The third kappa shape index (κ3) is 8.06. The highest BCUT2D eigenvalue weighted by Crippen LogP contribution is 2.21. The molecule has 2 heterocycles. The highest BCUT2D eigenvalue weighted by atomic mass is 127. The number of hydrogen-bond donors (Lipinski definition) is 1.